The molecule has 0 saturated heterocycles. The summed E-state index contributed by atoms with van der Waals surface area (Å²) in [5.74, 6) is 1.04. The van der Waals surface area contributed by atoms with Crippen LogP contribution in [0.15, 0.2) is 30.3 Å². The van der Waals surface area contributed by atoms with Gasteiger partial charge in [0.2, 0.25) is 5.91 Å². The maximum Gasteiger partial charge on any atom is 0.226 e. The lowest BCUT2D eigenvalue weighted by Gasteiger charge is -2.18. The molecule has 2 rings (SSSR count). The van der Waals surface area contributed by atoms with Crippen LogP contribution in [0.25, 0.3) is 0 Å². The van der Waals surface area contributed by atoms with E-state index in [4.69, 9.17) is 0 Å². The zero-order valence-corrected chi connectivity index (χ0v) is 11.6. The van der Waals surface area contributed by atoms with E-state index in [2.05, 4.69) is 17.9 Å². The Morgan fingerprint density at radius 1 is 1.22 bits per heavy atom. The van der Waals surface area contributed by atoms with Gasteiger partial charge in [0.1, 0.15) is 0 Å². The summed E-state index contributed by atoms with van der Waals surface area (Å²) >= 11 is 0. The molecule has 3 heteroatoms. The van der Waals surface area contributed by atoms with Gasteiger partial charge in [0.15, 0.2) is 0 Å². The highest BCUT2D eigenvalue weighted by Gasteiger charge is 2.45. The van der Waals surface area contributed by atoms with Crippen LogP contribution in [0.3, 0.4) is 0 Å². The molecule has 0 heterocycles. The summed E-state index contributed by atoms with van der Waals surface area (Å²) in [5.41, 5.74) is 5.81. The largest absolute Gasteiger partial charge is 0.343 e. The Balaban J connectivity index is 0.000000771. The molecule has 3 nitrogen and oxygen atoms in total. The molecule has 1 aromatic carbocycles. The summed E-state index contributed by atoms with van der Waals surface area (Å²) in [6, 6.07) is 10.4. The van der Waals surface area contributed by atoms with Crippen LogP contribution in [0.1, 0.15) is 31.7 Å². The quantitative estimate of drug-likeness (QED) is 0.888. The average Bonchev–Trinajstić information content (AvgIpc) is 3.23. The molecule has 1 aliphatic carbocycles. The molecule has 1 aromatic rings. The molecule has 0 radical (unpaired) electrons. The van der Waals surface area contributed by atoms with Crippen molar-refractivity contribution in [2.24, 2.45) is 11.7 Å². The van der Waals surface area contributed by atoms with Gasteiger partial charge in [-0.25, -0.2) is 0 Å². The molecule has 0 bridgehead atoms. The topological polar surface area (TPSA) is 46.3 Å². The predicted octanol–water partition coefficient (Wildman–Crippen LogP) is 2.23. The Kier molecular flexibility index (Phi) is 5.86. The van der Waals surface area contributed by atoms with Crippen molar-refractivity contribution in [3.63, 3.8) is 0 Å². The number of hydrogen-bond donors (Lipinski definition) is 1. The minimum absolute atomic E-state index is 0.238. The second-order valence-corrected chi connectivity index (χ2v) is 4.37. The van der Waals surface area contributed by atoms with Crippen molar-refractivity contribution in [3.05, 3.63) is 35.9 Å². The third-order valence-electron chi connectivity index (χ3n) is 3.41. The second kappa shape index (κ2) is 7.17. The van der Waals surface area contributed by atoms with Crippen LogP contribution in [0.4, 0.5) is 0 Å². The van der Waals surface area contributed by atoms with Gasteiger partial charge in [0.05, 0.1) is 0 Å². The molecule has 0 unspecified atom stereocenters. The van der Waals surface area contributed by atoms with Gasteiger partial charge in [-0.2, -0.15) is 0 Å². The normalized spacial score (nSPS) is 20.7. The average molecular weight is 248 g/mol. The van der Waals surface area contributed by atoms with Crippen LogP contribution >= 0.6 is 0 Å². The van der Waals surface area contributed by atoms with Crippen LogP contribution in [-0.4, -0.2) is 30.9 Å². The van der Waals surface area contributed by atoms with E-state index < -0.39 is 0 Å². The number of carbonyl (C=O) groups excluding carboxylic acids is 1. The Morgan fingerprint density at radius 2 is 1.78 bits per heavy atom. The van der Waals surface area contributed by atoms with Crippen LogP contribution in [-0.2, 0) is 4.79 Å². The zero-order chi connectivity index (χ0) is 13.5. The van der Waals surface area contributed by atoms with E-state index in [1.54, 1.807) is 0 Å². The van der Waals surface area contributed by atoms with E-state index in [0.29, 0.717) is 11.8 Å². The van der Waals surface area contributed by atoms with E-state index in [1.165, 1.54) is 12.6 Å². The SMILES string of the molecule is CCN(CC)C(=O)[C@@H]1C[C@@H]1c1ccccc1.CN. The van der Waals surface area contributed by atoms with Crippen molar-refractivity contribution < 1.29 is 4.79 Å². The van der Waals surface area contributed by atoms with E-state index in [-0.39, 0.29) is 5.92 Å². The van der Waals surface area contributed by atoms with Gasteiger partial charge in [-0.05, 0) is 38.8 Å². The first-order valence-electron chi connectivity index (χ1n) is 6.69. The van der Waals surface area contributed by atoms with Crippen molar-refractivity contribution in [1.82, 2.24) is 4.90 Å². The molecule has 2 atom stereocenters. The van der Waals surface area contributed by atoms with E-state index in [9.17, 15) is 4.79 Å². The molecule has 1 saturated carbocycles. The van der Waals surface area contributed by atoms with Crippen molar-refractivity contribution in [3.8, 4) is 0 Å². The number of rotatable bonds is 4. The standard InChI is InChI=1S/C14H19NO.CH5N/c1-3-15(4-2)14(16)13-10-12(13)11-8-6-5-7-9-11;1-2/h5-9,12-13H,3-4,10H2,1-2H3;2H2,1H3/t12-,13-;/m1./s1. The van der Waals surface area contributed by atoms with Crippen LogP contribution in [0.2, 0.25) is 0 Å². The summed E-state index contributed by atoms with van der Waals surface area (Å²) < 4.78 is 0. The highest BCUT2D eigenvalue weighted by molar-refractivity contribution is 5.83. The van der Waals surface area contributed by atoms with Crippen molar-refractivity contribution >= 4 is 5.91 Å². The Morgan fingerprint density at radius 3 is 2.28 bits per heavy atom. The Hall–Kier alpha value is -1.35. The maximum atomic E-state index is 12.1. The zero-order valence-electron chi connectivity index (χ0n) is 11.6. The molecule has 0 aromatic heterocycles. The monoisotopic (exact) mass is 248 g/mol. The lowest BCUT2D eigenvalue weighted by atomic mass is 10.1. The lowest BCUT2D eigenvalue weighted by molar-refractivity contribution is -0.132. The minimum Gasteiger partial charge on any atom is -0.343 e. The highest BCUT2D eigenvalue weighted by atomic mass is 16.2. The molecule has 1 amide bonds. The van der Waals surface area contributed by atoms with Gasteiger partial charge in [-0.3, -0.25) is 4.79 Å². The second-order valence-electron chi connectivity index (χ2n) is 4.37. The van der Waals surface area contributed by atoms with Gasteiger partial charge in [-0.15, -0.1) is 0 Å². The molecule has 1 aliphatic rings. The number of hydrogen-bond acceptors (Lipinski definition) is 2. The first kappa shape index (κ1) is 14.7. The highest BCUT2D eigenvalue weighted by Crippen LogP contribution is 2.48. The fourth-order valence-corrected chi connectivity index (χ4v) is 2.31. The molecular weight excluding hydrogens is 224 g/mol. The molecule has 1 fully saturated rings. The summed E-state index contributed by atoms with van der Waals surface area (Å²) in [6.45, 7) is 5.74. The van der Waals surface area contributed by atoms with Crippen LogP contribution in [0, 0.1) is 5.92 Å². The smallest absolute Gasteiger partial charge is 0.226 e. The summed E-state index contributed by atoms with van der Waals surface area (Å²) in [4.78, 5) is 14.0. The van der Waals surface area contributed by atoms with Crippen molar-refractivity contribution in [2.75, 3.05) is 20.1 Å². The summed E-state index contributed by atoms with van der Waals surface area (Å²) in [5, 5.41) is 0. The van der Waals surface area contributed by atoms with Crippen LogP contribution < -0.4 is 5.73 Å². The minimum atomic E-state index is 0.238. The number of nitrogens with zero attached hydrogens (tertiary/aromatic N) is 1. The molecule has 100 valence electrons. The lowest BCUT2D eigenvalue weighted by Crippen LogP contribution is -2.32. The molecule has 0 spiro atoms. The van der Waals surface area contributed by atoms with Crippen molar-refractivity contribution in [1.29, 1.82) is 0 Å². The number of nitrogens with two attached hydrogens (primary N) is 1. The predicted molar refractivity (Wildman–Crippen MR) is 75.3 cm³/mol. The first-order valence-corrected chi connectivity index (χ1v) is 6.69. The molecule has 2 N–H and O–H groups in total. The van der Waals surface area contributed by atoms with E-state index in [1.807, 2.05) is 36.9 Å². The number of carbonyl (C=O) groups is 1. The van der Waals surface area contributed by atoms with E-state index >= 15 is 0 Å². The summed E-state index contributed by atoms with van der Waals surface area (Å²) in [7, 11) is 1.50. The molecule has 0 aliphatic heterocycles. The van der Waals surface area contributed by atoms with E-state index in [0.717, 1.165) is 19.5 Å². The van der Waals surface area contributed by atoms with Gasteiger partial charge in [0, 0.05) is 19.0 Å². The summed E-state index contributed by atoms with van der Waals surface area (Å²) in [6.07, 6.45) is 1.03. The van der Waals surface area contributed by atoms with Crippen molar-refractivity contribution in [2.45, 2.75) is 26.2 Å². The molecule has 18 heavy (non-hydrogen) atoms. The Labute approximate surface area is 110 Å². The fraction of sp³-hybridized carbons (Fsp3) is 0.533. The third kappa shape index (κ3) is 3.33. The number of amides is 1. The maximum absolute atomic E-state index is 12.1. The van der Waals surface area contributed by atoms with Gasteiger partial charge >= 0.3 is 0 Å². The number of benzene rings is 1. The first-order chi connectivity index (χ1) is 8.77. The van der Waals surface area contributed by atoms with Crippen LogP contribution in [0.5, 0.6) is 0 Å². The molecular formula is C15H24N2O. The van der Waals surface area contributed by atoms with Gasteiger partial charge < -0.3 is 10.6 Å². The Bertz CT molecular complexity index is 360. The third-order valence-corrected chi connectivity index (χ3v) is 3.41. The van der Waals surface area contributed by atoms with Gasteiger partial charge in [-0.1, -0.05) is 30.3 Å². The van der Waals surface area contributed by atoms with Gasteiger partial charge in [0.25, 0.3) is 0 Å². The fourth-order valence-electron chi connectivity index (χ4n) is 2.31.